The Hall–Kier alpha value is -1.53. The number of hydrogen-bond donors (Lipinski definition) is 1. The molecule has 1 aliphatic rings. The minimum absolute atomic E-state index is 0.155. The summed E-state index contributed by atoms with van der Waals surface area (Å²) in [5, 5.41) is 11.3. The molecular weight excluding hydrogens is 378 g/mol. The van der Waals surface area contributed by atoms with Crippen LogP contribution in [0.25, 0.3) is 0 Å². The smallest absolute Gasteiger partial charge is 0.407 e. The molecule has 1 aromatic carbocycles. The molecule has 0 saturated heterocycles. The van der Waals surface area contributed by atoms with Crippen LogP contribution in [0.15, 0.2) is 46.3 Å². The normalized spacial score (nSPS) is 16.6. The van der Waals surface area contributed by atoms with Crippen molar-refractivity contribution in [2.75, 3.05) is 7.05 Å². The van der Waals surface area contributed by atoms with Crippen molar-refractivity contribution in [3.05, 3.63) is 51.1 Å². The van der Waals surface area contributed by atoms with Gasteiger partial charge in [0, 0.05) is 23.9 Å². The van der Waals surface area contributed by atoms with E-state index in [2.05, 4.69) is 15.9 Å². The van der Waals surface area contributed by atoms with E-state index >= 15 is 0 Å². The van der Waals surface area contributed by atoms with Crippen molar-refractivity contribution in [2.24, 2.45) is 0 Å². The number of hydrogen-bond acceptors (Lipinski definition) is 3. The summed E-state index contributed by atoms with van der Waals surface area (Å²) in [5.74, 6) is 0.777. The van der Waals surface area contributed by atoms with Crippen LogP contribution in [0.4, 0.5) is 4.79 Å². The molecule has 1 unspecified atom stereocenters. The Morgan fingerprint density at radius 3 is 2.70 bits per heavy atom. The van der Waals surface area contributed by atoms with Gasteiger partial charge in [0.15, 0.2) is 0 Å². The molecule has 4 nitrogen and oxygen atoms in total. The highest BCUT2D eigenvalue weighted by Crippen LogP contribution is 2.49. The monoisotopic (exact) mass is 395 g/mol. The van der Waals surface area contributed by atoms with Crippen molar-refractivity contribution in [3.8, 4) is 5.75 Å². The molecule has 6 heteroatoms. The van der Waals surface area contributed by atoms with Gasteiger partial charge in [-0.3, -0.25) is 0 Å². The van der Waals surface area contributed by atoms with Crippen LogP contribution < -0.4 is 4.74 Å². The van der Waals surface area contributed by atoms with Crippen LogP contribution in [0, 0.1) is 0 Å². The number of thiophene rings is 1. The van der Waals surface area contributed by atoms with Gasteiger partial charge >= 0.3 is 6.09 Å². The summed E-state index contributed by atoms with van der Waals surface area (Å²) < 4.78 is 7.14. The Kier molecular flexibility index (Phi) is 4.64. The lowest BCUT2D eigenvalue weighted by Crippen LogP contribution is -2.39. The minimum Gasteiger partial charge on any atom is -0.484 e. The van der Waals surface area contributed by atoms with Crippen LogP contribution in [0.3, 0.4) is 0 Å². The van der Waals surface area contributed by atoms with Crippen molar-refractivity contribution in [1.82, 2.24) is 4.90 Å². The number of benzene rings is 1. The van der Waals surface area contributed by atoms with Gasteiger partial charge in [-0.15, -0.1) is 11.3 Å². The zero-order valence-corrected chi connectivity index (χ0v) is 15.1. The molecule has 1 saturated carbocycles. The highest BCUT2D eigenvalue weighted by Gasteiger charge is 2.50. The molecule has 2 aromatic rings. The number of carboxylic acid groups (broad SMARTS) is 1. The van der Waals surface area contributed by atoms with E-state index in [-0.39, 0.29) is 11.6 Å². The first kappa shape index (κ1) is 16.3. The molecule has 122 valence electrons. The molecule has 1 heterocycles. The molecule has 1 N–H and O–H groups in total. The molecule has 1 aliphatic carbocycles. The summed E-state index contributed by atoms with van der Waals surface area (Å²) in [6.45, 7) is 0. The van der Waals surface area contributed by atoms with Gasteiger partial charge in [-0.2, -0.15) is 0 Å². The topological polar surface area (TPSA) is 49.8 Å². The van der Waals surface area contributed by atoms with Gasteiger partial charge < -0.3 is 14.7 Å². The maximum absolute atomic E-state index is 11.3. The van der Waals surface area contributed by atoms with Gasteiger partial charge in [0.25, 0.3) is 0 Å². The van der Waals surface area contributed by atoms with Crippen LogP contribution >= 0.6 is 27.3 Å². The summed E-state index contributed by atoms with van der Waals surface area (Å²) in [5.41, 5.74) is -0.304. The molecule has 23 heavy (non-hydrogen) atoms. The summed E-state index contributed by atoms with van der Waals surface area (Å²) in [7, 11) is 1.65. The van der Waals surface area contributed by atoms with Crippen LogP contribution in [0.2, 0.25) is 0 Å². The second kappa shape index (κ2) is 6.53. The number of rotatable bonds is 6. The van der Waals surface area contributed by atoms with E-state index in [1.54, 1.807) is 18.4 Å². The number of nitrogens with zero attached hydrogens (tertiary/aromatic N) is 1. The Labute approximate surface area is 147 Å². The molecule has 1 amide bonds. The average molecular weight is 396 g/mol. The van der Waals surface area contributed by atoms with Crippen molar-refractivity contribution >= 4 is 33.4 Å². The Morgan fingerprint density at radius 1 is 1.39 bits per heavy atom. The third kappa shape index (κ3) is 3.53. The van der Waals surface area contributed by atoms with E-state index in [4.69, 9.17) is 4.74 Å². The Balaban J connectivity index is 1.83. The zero-order chi connectivity index (χ0) is 16.4. The Bertz CT molecular complexity index is 685. The minimum atomic E-state index is -0.881. The number of ether oxygens (including phenoxy) is 1. The van der Waals surface area contributed by atoms with E-state index in [9.17, 15) is 9.90 Å². The standard InChI is InChI=1S/C17H18BrNO3S/c1-19(16(20)21)17(8-9-17)11-14(15-7-4-10-23-15)22-13-6-3-2-5-12(13)18/h2-7,10,14H,8-9,11H2,1H3,(H,20,21). The molecule has 1 aromatic heterocycles. The van der Waals surface area contributed by atoms with Gasteiger partial charge in [0.1, 0.15) is 11.9 Å². The van der Waals surface area contributed by atoms with Gasteiger partial charge in [0.05, 0.1) is 4.47 Å². The summed E-state index contributed by atoms with van der Waals surface area (Å²) in [6.07, 6.45) is 1.40. The highest BCUT2D eigenvalue weighted by atomic mass is 79.9. The molecule has 1 fully saturated rings. The SMILES string of the molecule is CN(C(=O)O)C1(CC(Oc2ccccc2Br)c2cccs2)CC1. The number of halogens is 1. The van der Waals surface area contributed by atoms with Crippen LogP contribution in [0.1, 0.15) is 30.2 Å². The second-order valence-corrected chi connectivity index (χ2v) is 7.66. The van der Waals surface area contributed by atoms with Gasteiger partial charge in [-0.25, -0.2) is 4.79 Å². The summed E-state index contributed by atoms with van der Waals surface area (Å²) >= 11 is 5.15. The number of amides is 1. The molecule has 3 rings (SSSR count). The van der Waals surface area contributed by atoms with Crippen LogP contribution in [-0.4, -0.2) is 28.7 Å². The van der Waals surface area contributed by atoms with Gasteiger partial charge in [-0.1, -0.05) is 18.2 Å². The predicted molar refractivity (Wildman–Crippen MR) is 94.2 cm³/mol. The third-order valence-corrected chi connectivity index (χ3v) is 5.98. The summed E-state index contributed by atoms with van der Waals surface area (Å²) in [6, 6.07) is 11.8. The van der Waals surface area contributed by atoms with Crippen LogP contribution in [-0.2, 0) is 0 Å². The average Bonchev–Trinajstić information content (AvgIpc) is 3.10. The maximum atomic E-state index is 11.3. The van der Waals surface area contributed by atoms with E-state index in [0.29, 0.717) is 6.42 Å². The molecule has 1 atom stereocenters. The maximum Gasteiger partial charge on any atom is 0.407 e. The van der Waals surface area contributed by atoms with E-state index in [0.717, 1.165) is 27.9 Å². The lowest BCUT2D eigenvalue weighted by atomic mass is 10.0. The second-order valence-electron chi connectivity index (χ2n) is 5.82. The van der Waals surface area contributed by atoms with Gasteiger partial charge in [0.2, 0.25) is 0 Å². The van der Waals surface area contributed by atoms with E-state index in [1.165, 1.54) is 4.90 Å². The fraction of sp³-hybridized carbons (Fsp3) is 0.353. The molecular formula is C17H18BrNO3S. The first-order valence-corrected chi connectivity index (χ1v) is 9.10. The van der Waals surface area contributed by atoms with Crippen molar-refractivity contribution in [2.45, 2.75) is 30.9 Å². The third-order valence-electron chi connectivity index (χ3n) is 4.36. The summed E-state index contributed by atoms with van der Waals surface area (Å²) in [4.78, 5) is 13.9. The molecule has 0 aliphatic heterocycles. The fourth-order valence-electron chi connectivity index (χ4n) is 2.74. The fourth-order valence-corrected chi connectivity index (χ4v) is 3.87. The van der Waals surface area contributed by atoms with Crippen molar-refractivity contribution in [3.63, 3.8) is 0 Å². The number of carbonyl (C=O) groups is 1. The van der Waals surface area contributed by atoms with E-state index < -0.39 is 6.09 Å². The van der Waals surface area contributed by atoms with Crippen molar-refractivity contribution < 1.29 is 14.6 Å². The lowest BCUT2D eigenvalue weighted by molar-refractivity contribution is 0.102. The zero-order valence-electron chi connectivity index (χ0n) is 12.7. The van der Waals surface area contributed by atoms with Crippen LogP contribution in [0.5, 0.6) is 5.75 Å². The quantitative estimate of drug-likeness (QED) is 0.734. The predicted octanol–water partition coefficient (Wildman–Crippen LogP) is 5.16. The first-order valence-electron chi connectivity index (χ1n) is 7.43. The first-order chi connectivity index (χ1) is 11.0. The molecule has 0 spiro atoms. The number of para-hydroxylation sites is 1. The van der Waals surface area contributed by atoms with Crippen molar-refractivity contribution in [1.29, 1.82) is 0 Å². The van der Waals surface area contributed by atoms with E-state index in [1.807, 2.05) is 41.8 Å². The Morgan fingerprint density at radius 2 is 2.13 bits per heavy atom. The highest BCUT2D eigenvalue weighted by molar-refractivity contribution is 9.10. The van der Waals surface area contributed by atoms with Gasteiger partial charge in [-0.05, 0) is 52.4 Å². The molecule has 0 bridgehead atoms. The lowest BCUT2D eigenvalue weighted by Gasteiger charge is -2.29. The largest absolute Gasteiger partial charge is 0.484 e. The molecule has 0 radical (unpaired) electrons.